The van der Waals surface area contributed by atoms with E-state index in [0.29, 0.717) is 6.61 Å². The molecule has 0 fully saturated rings. The fraction of sp³-hybridized carbons (Fsp3) is 0.857. The molecule has 0 aromatic heterocycles. The zero-order valence-electron chi connectivity index (χ0n) is 18.8. The Balaban J connectivity index is 3.62. The molecule has 0 rings (SSSR count). The van der Waals surface area contributed by atoms with Crippen LogP contribution < -0.4 is 0 Å². The van der Waals surface area contributed by atoms with E-state index in [-0.39, 0.29) is 32.5 Å². The maximum absolute atomic E-state index is 11.6. The maximum atomic E-state index is 11.6. The van der Waals surface area contributed by atoms with E-state index in [1.807, 2.05) is 13.8 Å². The monoisotopic (exact) mass is 434 g/mol. The van der Waals surface area contributed by atoms with Gasteiger partial charge >= 0.3 is 18.3 Å². The summed E-state index contributed by atoms with van der Waals surface area (Å²) in [7, 11) is 0. The molecule has 9 nitrogen and oxygen atoms in total. The summed E-state index contributed by atoms with van der Waals surface area (Å²) in [4.78, 5) is 34.6. The predicted molar refractivity (Wildman–Crippen MR) is 109 cm³/mol. The standard InChI is InChI=1S/C21H38O9/c1-5-7-9-10-11-17(3)29-20(23)27-15-13-25-14-16-28-21(24)30-18(4)19(22)26-12-8-6-2/h17-18H,5-16H2,1-4H3. The Morgan fingerprint density at radius 3 is 1.87 bits per heavy atom. The summed E-state index contributed by atoms with van der Waals surface area (Å²) in [6.45, 7) is 7.87. The average Bonchev–Trinajstić information content (AvgIpc) is 2.70. The molecule has 30 heavy (non-hydrogen) atoms. The van der Waals surface area contributed by atoms with Crippen molar-refractivity contribution in [1.29, 1.82) is 0 Å². The fourth-order valence-electron chi connectivity index (χ4n) is 2.25. The predicted octanol–water partition coefficient (Wildman–Crippen LogP) is 4.40. The summed E-state index contributed by atoms with van der Waals surface area (Å²) in [5.41, 5.74) is 0. The molecule has 176 valence electrons. The number of esters is 1. The lowest BCUT2D eigenvalue weighted by Crippen LogP contribution is -2.27. The smallest absolute Gasteiger partial charge is 0.463 e. The van der Waals surface area contributed by atoms with Crippen LogP contribution >= 0.6 is 0 Å². The Labute approximate surface area is 179 Å². The van der Waals surface area contributed by atoms with Gasteiger partial charge in [0.25, 0.3) is 0 Å². The van der Waals surface area contributed by atoms with Gasteiger partial charge in [0.05, 0.1) is 19.8 Å². The van der Waals surface area contributed by atoms with Crippen molar-refractivity contribution in [1.82, 2.24) is 0 Å². The molecule has 0 bridgehead atoms. The number of carbonyl (C=O) groups excluding carboxylic acids is 3. The van der Waals surface area contributed by atoms with Gasteiger partial charge in [-0.25, -0.2) is 14.4 Å². The summed E-state index contributed by atoms with van der Waals surface area (Å²) < 4.78 is 29.8. The minimum Gasteiger partial charge on any atom is -0.463 e. The highest BCUT2D eigenvalue weighted by Crippen LogP contribution is 2.08. The van der Waals surface area contributed by atoms with Gasteiger partial charge in [-0.2, -0.15) is 0 Å². The van der Waals surface area contributed by atoms with Gasteiger partial charge in [-0.1, -0.05) is 39.5 Å². The van der Waals surface area contributed by atoms with Gasteiger partial charge in [0, 0.05) is 0 Å². The zero-order chi connectivity index (χ0) is 22.6. The topological polar surface area (TPSA) is 107 Å². The van der Waals surface area contributed by atoms with Crippen molar-refractivity contribution in [3.05, 3.63) is 0 Å². The second-order valence-electron chi connectivity index (χ2n) is 6.87. The van der Waals surface area contributed by atoms with Crippen LogP contribution in [0.3, 0.4) is 0 Å². The van der Waals surface area contributed by atoms with Gasteiger partial charge in [0.1, 0.15) is 19.3 Å². The van der Waals surface area contributed by atoms with E-state index in [0.717, 1.165) is 38.5 Å². The molecule has 0 radical (unpaired) electrons. The summed E-state index contributed by atoms with van der Waals surface area (Å²) in [6.07, 6.45) is 4.04. The van der Waals surface area contributed by atoms with Crippen molar-refractivity contribution >= 4 is 18.3 Å². The molecule has 9 heteroatoms. The van der Waals surface area contributed by atoms with E-state index in [2.05, 4.69) is 6.92 Å². The van der Waals surface area contributed by atoms with Crippen molar-refractivity contribution in [2.75, 3.05) is 33.0 Å². The highest BCUT2D eigenvalue weighted by molar-refractivity contribution is 5.76. The Hall–Kier alpha value is -2.03. The molecule has 0 aliphatic rings. The average molecular weight is 435 g/mol. The van der Waals surface area contributed by atoms with E-state index >= 15 is 0 Å². The first-order valence-electron chi connectivity index (χ1n) is 10.8. The normalized spacial score (nSPS) is 12.5. The summed E-state index contributed by atoms with van der Waals surface area (Å²) in [5, 5.41) is 0. The van der Waals surface area contributed by atoms with Crippen molar-refractivity contribution in [2.45, 2.75) is 84.8 Å². The van der Waals surface area contributed by atoms with E-state index in [1.165, 1.54) is 13.3 Å². The van der Waals surface area contributed by atoms with Crippen molar-refractivity contribution in [3.8, 4) is 0 Å². The van der Waals surface area contributed by atoms with E-state index in [9.17, 15) is 14.4 Å². The molecule has 0 aromatic rings. The molecule has 0 aliphatic heterocycles. The molecular formula is C21H38O9. The van der Waals surface area contributed by atoms with Crippen LogP contribution in [0.2, 0.25) is 0 Å². The molecular weight excluding hydrogens is 396 g/mol. The zero-order valence-corrected chi connectivity index (χ0v) is 18.8. The molecule has 0 amide bonds. The molecule has 0 heterocycles. The Morgan fingerprint density at radius 1 is 0.667 bits per heavy atom. The van der Waals surface area contributed by atoms with Gasteiger partial charge in [-0.05, 0) is 33.1 Å². The van der Waals surface area contributed by atoms with Crippen LogP contribution in [0, 0.1) is 0 Å². The quantitative estimate of drug-likeness (QED) is 0.187. The number of unbranched alkanes of at least 4 members (excludes halogenated alkanes) is 4. The van der Waals surface area contributed by atoms with Crippen LogP contribution in [0.25, 0.3) is 0 Å². The summed E-state index contributed by atoms with van der Waals surface area (Å²) in [5.74, 6) is -0.615. The van der Waals surface area contributed by atoms with Crippen LogP contribution in [0.1, 0.15) is 72.6 Å². The third kappa shape index (κ3) is 16.9. The SMILES string of the molecule is CCCCCCC(C)OC(=O)OCCOCCOC(=O)OC(C)C(=O)OCCCC. The highest BCUT2D eigenvalue weighted by atomic mass is 16.7. The molecule has 2 atom stereocenters. The van der Waals surface area contributed by atoms with E-state index in [4.69, 9.17) is 28.4 Å². The fourth-order valence-corrected chi connectivity index (χ4v) is 2.25. The maximum Gasteiger partial charge on any atom is 0.509 e. The Kier molecular flexibility index (Phi) is 17.7. The first-order chi connectivity index (χ1) is 14.4. The van der Waals surface area contributed by atoms with Crippen LogP contribution in [0.15, 0.2) is 0 Å². The largest absolute Gasteiger partial charge is 0.509 e. The summed E-state index contributed by atoms with van der Waals surface area (Å²) >= 11 is 0. The third-order valence-corrected chi connectivity index (χ3v) is 4.00. The number of ether oxygens (including phenoxy) is 6. The van der Waals surface area contributed by atoms with Crippen LogP contribution in [0.4, 0.5) is 9.59 Å². The van der Waals surface area contributed by atoms with Crippen molar-refractivity contribution in [3.63, 3.8) is 0 Å². The first kappa shape index (κ1) is 28.0. The van der Waals surface area contributed by atoms with Gasteiger partial charge in [0.2, 0.25) is 0 Å². The summed E-state index contributed by atoms with van der Waals surface area (Å²) in [6, 6.07) is 0. The molecule has 0 saturated heterocycles. The van der Waals surface area contributed by atoms with E-state index < -0.39 is 24.4 Å². The number of rotatable bonds is 17. The second kappa shape index (κ2) is 19.0. The van der Waals surface area contributed by atoms with Gasteiger partial charge < -0.3 is 28.4 Å². The second-order valence-corrected chi connectivity index (χ2v) is 6.87. The lowest BCUT2D eigenvalue weighted by atomic mass is 10.1. The molecule has 0 N–H and O–H groups in total. The van der Waals surface area contributed by atoms with Crippen LogP contribution in [-0.4, -0.2) is 63.5 Å². The van der Waals surface area contributed by atoms with Gasteiger partial charge in [0.15, 0.2) is 6.10 Å². The van der Waals surface area contributed by atoms with E-state index in [1.54, 1.807) is 0 Å². The third-order valence-electron chi connectivity index (χ3n) is 4.00. The molecule has 0 aliphatic carbocycles. The number of carbonyl (C=O) groups is 3. The minimum absolute atomic E-state index is 0.0342. The molecule has 0 aromatic carbocycles. The number of hydrogen-bond acceptors (Lipinski definition) is 9. The van der Waals surface area contributed by atoms with Crippen LogP contribution in [0.5, 0.6) is 0 Å². The van der Waals surface area contributed by atoms with Crippen LogP contribution in [-0.2, 0) is 33.2 Å². The first-order valence-corrected chi connectivity index (χ1v) is 10.8. The van der Waals surface area contributed by atoms with Gasteiger partial charge in [-0.3, -0.25) is 0 Å². The Bertz CT molecular complexity index is 467. The highest BCUT2D eigenvalue weighted by Gasteiger charge is 2.20. The lowest BCUT2D eigenvalue weighted by molar-refractivity contribution is -0.154. The van der Waals surface area contributed by atoms with Gasteiger partial charge in [-0.15, -0.1) is 0 Å². The molecule has 2 unspecified atom stereocenters. The van der Waals surface area contributed by atoms with Crippen molar-refractivity contribution < 1.29 is 42.8 Å². The molecule has 0 saturated carbocycles. The molecule has 0 spiro atoms. The minimum atomic E-state index is -1.04. The Morgan fingerprint density at radius 2 is 1.27 bits per heavy atom. The number of hydrogen-bond donors (Lipinski definition) is 0. The lowest BCUT2D eigenvalue weighted by Gasteiger charge is -2.13. The van der Waals surface area contributed by atoms with Crippen molar-refractivity contribution in [2.24, 2.45) is 0 Å².